The van der Waals surface area contributed by atoms with Gasteiger partial charge in [0, 0.05) is 38.2 Å². The van der Waals surface area contributed by atoms with Crippen LogP contribution in [0.15, 0.2) is 187 Å². The number of nitrogens with zero attached hydrogens (tertiary/aromatic N) is 1. The quantitative estimate of drug-likeness (QED) is 0.154. The molecule has 0 saturated heterocycles. The maximum absolute atomic E-state index is 6.83. The third-order valence-electron chi connectivity index (χ3n) is 9.39. The molecule has 8 rings (SSSR count). The maximum Gasteiger partial charge on any atom is 0.143 e. The molecular formula is C48H35NO. The number of para-hydroxylation sites is 2. The summed E-state index contributed by atoms with van der Waals surface area (Å²) < 4.78 is 6.83. The van der Waals surface area contributed by atoms with Crippen LogP contribution in [-0.4, -0.2) is 0 Å². The molecule has 0 saturated carbocycles. The van der Waals surface area contributed by atoms with Crippen LogP contribution in [0.5, 0.6) is 0 Å². The first-order chi connectivity index (χ1) is 24.7. The molecule has 2 heteroatoms. The molecule has 0 aliphatic rings. The number of rotatable bonds is 8. The molecule has 0 aliphatic heterocycles. The van der Waals surface area contributed by atoms with Gasteiger partial charge in [-0.25, -0.2) is 0 Å². The molecular weight excluding hydrogens is 607 g/mol. The third kappa shape index (κ3) is 5.34. The Kier molecular flexibility index (Phi) is 8.04. The first kappa shape index (κ1) is 30.7. The molecule has 0 radical (unpaired) electrons. The van der Waals surface area contributed by atoms with Crippen molar-refractivity contribution < 1.29 is 4.42 Å². The first-order valence-corrected chi connectivity index (χ1v) is 16.8. The van der Waals surface area contributed by atoms with Gasteiger partial charge in [0.05, 0.1) is 11.4 Å². The van der Waals surface area contributed by atoms with Gasteiger partial charge in [-0.3, -0.25) is 0 Å². The van der Waals surface area contributed by atoms with Gasteiger partial charge in [-0.1, -0.05) is 165 Å². The molecule has 0 bridgehead atoms. The average Bonchev–Trinajstić information content (AvgIpc) is 3.57. The van der Waals surface area contributed by atoms with Crippen molar-refractivity contribution in [1.82, 2.24) is 0 Å². The zero-order valence-electron chi connectivity index (χ0n) is 27.7. The van der Waals surface area contributed by atoms with E-state index in [0.717, 1.165) is 82.5 Å². The largest absolute Gasteiger partial charge is 0.455 e. The lowest BCUT2D eigenvalue weighted by molar-refractivity contribution is 0.674. The van der Waals surface area contributed by atoms with Crippen LogP contribution in [0.4, 0.5) is 11.4 Å². The van der Waals surface area contributed by atoms with E-state index < -0.39 is 0 Å². The van der Waals surface area contributed by atoms with Gasteiger partial charge >= 0.3 is 0 Å². The molecule has 0 unspecified atom stereocenters. The molecule has 0 N–H and O–H groups in total. The van der Waals surface area contributed by atoms with Crippen molar-refractivity contribution in [3.63, 3.8) is 0 Å². The van der Waals surface area contributed by atoms with Gasteiger partial charge in [-0.2, -0.15) is 0 Å². The van der Waals surface area contributed by atoms with Crippen LogP contribution < -0.4 is 15.3 Å². The Hall–Kier alpha value is -6.64. The van der Waals surface area contributed by atoms with Crippen LogP contribution in [0.2, 0.25) is 0 Å². The monoisotopic (exact) mass is 641 g/mol. The van der Waals surface area contributed by atoms with E-state index in [1.807, 2.05) is 24.3 Å². The van der Waals surface area contributed by atoms with Gasteiger partial charge in [0.1, 0.15) is 11.2 Å². The molecule has 0 atom stereocenters. The highest BCUT2D eigenvalue weighted by Gasteiger charge is 2.21. The Labute approximate surface area is 292 Å². The standard InChI is InChI=1S/C48H35NO/c1-4-6-16-34-20-14-23-39(33(34)3)45(5-2)49(38-30-27-36(28-31-38)35-17-8-7-9-18-35)46-26-13-12-22-41(46)42-24-15-25-43-44-32-29-37-19-10-11-21-40(37)47(44)50-48(42)43/h4-32H,1-3H2/b16-6-,45-39+. The lowest BCUT2D eigenvalue weighted by Crippen LogP contribution is -2.33. The van der Waals surface area contributed by atoms with Gasteiger partial charge in [-0.15, -0.1) is 0 Å². The Bertz CT molecular complexity index is 2700. The predicted octanol–water partition coefficient (Wildman–Crippen LogP) is 11.8. The summed E-state index contributed by atoms with van der Waals surface area (Å²) in [6.07, 6.45) is 7.69. The summed E-state index contributed by atoms with van der Waals surface area (Å²) in [5.74, 6) is 0. The van der Waals surface area contributed by atoms with E-state index in [0.29, 0.717) is 0 Å². The van der Waals surface area contributed by atoms with Gasteiger partial charge in [0.2, 0.25) is 0 Å². The van der Waals surface area contributed by atoms with Crippen molar-refractivity contribution in [2.75, 3.05) is 4.90 Å². The molecule has 8 aromatic rings. The maximum atomic E-state index is 6.83. The van der Waals surface area contributed by atoms with Crippen LogP contribution in [0, 0.1) is 0 Å². The van der Waals surface area contributed by atoms with Crippen molar-refractivity contribution in [3.05, 3.63) is 199 Å². The van der Waals surface area contributed by atoms with E-state index in [1.165, 1.54) is 5.56 Å². The number of hydrogen-bond acceptors (Lipinski definition) is 2. The highest BCUT2D eigenvalue weighted by molar-refractivity contribution is 6.17. The van der Waals surface area contributed by atoms with Crippen molar-refractivity contribution in [3.8, 4) is 22.3 Å². The van der Waals surface area contributed by atoms with Crippen molar-refractivity contribution in [2.45, 2.75) is 0 Å². The Morgan fingerprint density at radius 1 is 0.560 bits per heavy atom. The van der Waals surface area contributed by atoms with Crippen molar-refractivity contribution >= 4 is 62.4 Å². The summed E-state index contributed by atoms with van der Waals surface area (Å²) in [5.41, 5.74) is 10.1. The Morgan fingerprint density at radius 3 is 2.06 bits per heavy atom. The molecule has 238 valence electrons. The van der Waals surface area contributed by atoms with Gasteiger partial charge in [-0.05, 0) is 57.6 Å². The number of hydrogen-bond donors (Lipinski definition) is 0. The number of benzene rings is 7. The van der Waals surface area contributed by atoms with Crippen LogP contribution in [0.25, 0.3) is 73.3 Å². The molecule has 0 amide bonds. The van der Waals surface area contributed by atoms with Gasteiger partial charge in [0.25, 0.3) is 0 Å². The highest BCUT2D eigenvalue weighted by atomic mass is 16.3. The van der Waals surface area contributed by atoms with E-state index in [4.69, 9.17) is 4.42 Å². The number of fused-ring (bicyclic) bond motifs is 5. The fraction of sp³-hybridized carbons (Fsp3) is 0. The zero-order chi connectivity index (χ0) is 34.0. The second kappa shape index (κ2) is 13.1. The summed E-state index contributed by atoms with van der Waals surface area (Å²) >= 11 is 0. The summed E-state index contributed by atoms with van der Waals surface area (Å²) in [5, 5.41) is 6.36. The molecule has 0 aliphatic carbocycles. The van der Waals surface area contributed by atoms with Crippen LogP contribution in [-0.2, 0) is 0 Å². The minimum absolute atomic E-state index is 0.861. The van der Waals surface area contributed by atoms with E-state index in [2.05, 4.69) is 170 Å². The first-order valence-electron chi connectivity index (χ1n) is 16.8. The molecule has 1 aromatic heterocycles. The SMILES string of the molecule is C=C/C=C\c1ccc/c(=C(/C=C)N(c2ccc(-c3ccccc3)cc2)c2ccccc2-c2cccc3c2oc2c4ccccc4ccc32)c1=C. The molecule has 0 spiro atoms. The number of anilines is 2. The van der Waals surface area contributed by atoms with Crippen LogP contribution in [0.3, 0.4) is 0 Å². The molecule has 0 fully saturated rings. The molecule has 50 heavy (non-hydrogen) atoms. The molecule has 2 nitrogen and oxygen atoms in total. The molecule has 7 aromatic carbocycles. The van der Waals surface area contributed by atoms with Crippen LogP contribution >= 0.6 is 0 Å². The summed E-state index contributed by atoms with van der Waals surface area (Å²) in [6, 6.07) is 53.1. The average molecular weight is 642 g/mol. The topological polar surface area (TPSA) is 16.4 Å². The van der Waals surface area contributed by atoms with E-state index in [9.17, 15) is 0 Å². The van der Waals surface area contributed by atoms with Crippen molar-refractivity contribution in [1.29, 1.82) is 0 Å². The minimum Gasteiger partial charge on any atom is -0.455 e. The summed E-state index contributed by atoms with van der Waals surface area (Å²) in [7, 11) is 0. The fourth-order valence-electron chi connectivity index (χ4n) is 6.97. The normalized spacial score (nSPS) is 12.1. The van der Waals surface area contributed by atoms with Crippen LogP contribution in [0.1, 0.15) is 5.56 Å². The third-order valence-corrected chi connectivity index (χ3v) is 9.39. The smallest absolute Gasteiger partial charge is 0.143 e. The van der Waals surface area contributed by atoms with Gasteiger partial charge in [0.15, 0.2) is 0 Å². The Balaban J connectivity index is 1.40. The lowest BCUT2D eigenvalue weighted by Gasteiger charge is -2.29. The van der Waals surface area contributed by atoms with E-state index >= 15 is 0 Å². The van der Waals surface area contributed by atoms with E-state index in [1.54, 1.807) is 6.08 Å². The number of allylic oxidation sites excluding steroid dienone is 2. The second-order valence-corrected chi connectivity index (χ2v) is 12.3. The summed E-state index contributed by atoms with van der Waals surface area (Å²) in [6.45, 7) is 12.8. The molecule has 1 heterocycles. The summed E-state index contributed by atoms with van der Waals surface area (Å²) in [4.78, 5) is 2.29. The Morgan fingerprint density at radius 2 is 1.24 bits per heavy atom. The van der Waals surface area contributed by atoms with Crippen molar-refractivity contribution in [2.24, 2.45) is 0 Å². The van der Waals surface area contributed by atoms with Gasteiger partial charge < -0.3 is 9.32 Å². The zero-order valence-corrected chi connectivity index (χ0v) is 27.7. The highest BCUT2D eigenvalue weighted by Crippen LogP contribution is 2.44. The number of furan rings is 1. The van der Waals surface area contributed by atoms with E-state index in [-0.39, 0.29) is 0 Å². The lowest BCUT2D eigenvalue weighted by atomic mass is 9.98. The fourth-order valence-corrected chi connectivity index (χ4v) is 6.97. The predicted molar refractivity (Wildman–Crippen MR) is 215 cm³/mol. The minimum atomic E-state index is 0.861. The second-order valence-electron chi connectivity index (χ2n) is 12.3.